The van der Waals surface area contributed by atoms with Gasteiger partial charge in [-0.1, -0.05) is 90.4 Å². The molecule has 5 atom stereocenters. The topological polar surface area (TPSA) is 124 Å². The Kier molecular flexibility index (Phi) is 19.3. The summed E-state index contributed by atoms with van der Waals surface area (Å²) in [6.45, 7) is 7.13. The van der Waals surface area contributed by atoms with Crippen molar-refractivity contribution in [2.75, 3.05) is 13.2 Å². The molecule has 1 aliphatic rings. The van der Waals surface area contributed by atoms with Gasteiger partial charge in [-0.05, 0) is 6.42 Å². The summed E-state index contributed by atoms with van der Waals surface area (Å²) in [5, 5.41) is 0. The van der Waals surface area contributed by atoms with E-state index < -0.39 is 54.6 Å². The predicted molar refractivity (Wildman–Crippen MR) is 148 cm³/mol. The van der Waals surface area contributed by atoms with Gasteiger partial charge in [0, 0.05) is 34.3 Å². The highest BCUT2D eigenvalue weighted by atomic mass is 16.7. The minimum absolute atomic E-state index is 0.267. The van der Waals surface area contributed by atoms with E-state index >= 15 is 0 Å². The third kappa shape index (κ3) is 16.2. The van der Waals surface area contributed by atoms with Gasteiger partial charge in [0.05, 0.1) is 0 Å². The van der Waals surface area contributed by atoms with Crippen LogP contribution in [-0.2, 0) is 47.6 Å². The number of ether oxygens (including phenoxy) is 6. The van der Waals surface area contributed by atoms with Crippen molar-refractivity contribution in [1.29, 1.82) is 0 Å². The number of carbonyl (C=O) groups excluding carboxylic acids is 4. The minimum Gasteiger partial charge on any atom is -0.463 e. The van der Waals surface area contributed by atoms with E-state index in [0.717, 1.165) is 19.3 Å². The summed E-state index contributed by atoms with van der Waals surface area (Å²) in [4.78, 5) is 47.0. The molecule has 0 bridgehead atoms. The van der Waals surface area contributed by atoms with Crippen LogP contribution in [0.2, 0.25) is 0 Å². The fourth-order valence-electron chi connectivity index (χ4n) is 4.82. The lowest BCUT2D eigenvalue weighted by atomic mass is 9.98. The molecule has 1 fully saturated rings. The Labute approximate surface area is 240 Å². The molecule has 0 spiro atoms. The average molecular weight is 573 g/mol. The molecule has 232 valence electrons. The van der Waals surface area contributed by atoms with Crippen LogP contribution in [0.1, 0.15) is 125 Å². The summed E-state index contributed by atoms with van der Waals surface area (Å²) in [6, 6.07) is 0. The largest absolute Gasteiger partial charge is 0.463 e. The zero-order valence-electron chi connectivity index (χ0n) is 25.3. The molecule has 0 unspecified atom stereocenters. The van der Waals surface area contributed by atoms with Crippen molar-refractivity contribution in [2.24, 2.45) is 0 Å². The van der Waals surface area contributed by atoms with E-state index in [0.29, 0.717) is 6.61 Å². The quantitative estimate of drug-likeness (QED) is 0.0980. The third-order valence-electron chi connectivity index (χ3n) is 6.73. The van der Waals surface area contributed by atoms with Gasteiger partial charge in [0.2, 0.25) is 0 Å². The van der Waals surface area contributed by atoms with Crippen LogP contribution in [-0.4, -0.2) is 67.8 Å². The Morgan fingerprint density at radius 3 is 1.43 bits per heavy atom. The molecule has 1 saturated heterocycles. The molecule has 40 heavy (non-hydrogen) atoms. The maximum Gasteiger partial charge on any atom is 0.303 e. The smallest absolute Gasteiger partial charge is 0.303 e. The third-order valence-corrected chi connectivity index (χ3v) is 6.73. The van der Waals surface area contributed by atoms with Crippen molar-refractivity contribution in [3.8, 4) is 0 Å². The van der Waals surface area contributed by atoms with Gasteiger partial charge in [0.1, 0.15) is 12.7 Å². The Bertz CT molecular complexity index is 740. The van der Waals surface area contributed by atoms with Crippen molar-refractivity contribution >= 4 is 23.9 Å². The van der Waals surface area contributed by atoms with Crippen molar-refractivity contribution in [1.82, 2.24) is 0 Å². The van der Waals surface area contributed by atoms with E-state index in [4.69, 9.17) is 28.4 Å². The summed E-state index contributed by atoms with van der Waals surface area (Å²) in [5.74, 6) is -2.54. The highest BCUT2D eigenvalue weighted by Gasteiger charge is 2.52. The van der Waals surface area contributed by atoms with Crippen LogP contribution >= 0.6 is 0 Å². The molecule has 0 aromatic carbocycles. The van der Waals surface area contributed by atoms with Gasteiger partial charge in [0.25, 0.3) is 0 Å². The molecular weight excluding hydrogens is 520 g/mol. The van der Waals surface area contributed by atoms with Gasteiger partial charge >= 0.3 is 23.9 Å². The highest BCUT2D eigenvalue weighted by Crippen LogP contribution is 2.30. The van der Waals surface area contributed by atoms with Crippen molar-refractivity contribution in [2.45, 2.75) is 155 Å². The normalized spacial score (nSPS) is 22.4. The molecule has 0 aromatic heterocycles. The van der Waals surface area contributed by atoms with Crippen LogP contribution in [0, 0.1) is 0 Å². The molecular formula is C30H52O10. The lowest BCUT2D eigenvalue weighted by molar-refractivity contribution is -0.308. The van der Waals surface area contributed by atoms with Crippen LogP contribution in [0.3, 0.4) is 0 Å². The number of esters is 4. The van der Waals surface area contributed by atoms with Crippen LogP contribution in [0.5, 0.6) is 0 Å². The van der Waals surface area contributed by atoms with Crippen molar-refractivity contribution in [3.05, 3.63) is 0 Å². The lowest BCUT2D eigenvalue weighted by Gasteiger charge is -2.44. The van der Waals surface area contributed by atoms with E-state index in [-0.39, 0.29) is 6.61 Å². The zero-order valence-corrected chi connectivity index (χ0v) is 25.3. The van der Waals surface area contributed by atoms with E-state index in [9.17, 15) is 19.2 Å². The maximum absolute atomic E-state index is 11.9. The molecule has 1 aliphatic heterocycles. The highest BCUT2D eigenvalue weighted by molar-refractivity contribution is 5.68. The van der Waals surface area contributed by atoms with Gasteiger partial charge in [-0.25, -0.2) is 0 Å². The van der Waals surface area contributed by atoms with Gasteiger partial charge in [-0.2, -0.15) is 0 Å². The standard InChI is InChI=1S/C30H52O10/c1-6-7-8-9-10-11-12-13-14-15-16-17-18-19-20-35-30-29(39-25(5)34)28(38-24(4)33)27(37-23(3)32)26(40-30)21-36-22(2)31/h26-30H,6-21H2,1-5H3/t26-,27-,28+,29-,30-/m1/s1. The number of rotatable bonds is 21. The molecule has 1 rings (SSSR count). The number of hydrogen-bond donors (Lipinski definition) is 0. The SMILES string of the molecule is CCCCCCCCCCCCCCCCO[C@@H]1O[C@H](COC(C)=O)[C@@H](OC(C)=O)[C@H](OC(C)=O)[C@H]1OC(C)=O. The first-order valence-electron chi connectivity index (χ1n) is 15.1. The average Bonchev–Trinajstić information content (AvgIpc) is 2.87. The fraction of sp³-hybridized carbons (Fsp3) is 0.867. The lowest BCUT2D eigenvalue weighted by Crippen LogP contribution is -2.63. The summed E-state index contributed by atoms with van der Waals surface area (Å²) in [5.41, 5.74) is 0. The Morgan fingerprint density at radius 1 is 0.550 bits per heavy atom. The minimum atomic E-state index is -1.21. The van der Waals surface area contributed by atoms with Gasteiger partial charge in [-0.15, -0.1) is 0 Å². The van der Waals surface area contributed by atoms with E-state index in [1.54, 1.807) is 0 Å². The van der Waals surface area contributed by atoms with Crippen LogP contribution in [0.4, 0.5) is 0 Å². The second-order valence-electron chi connectivity index (χ2n) is 10.5. The van der Waals surface area contributed by atoms with E-state index in [1.165, 1.54) is 98.3 Å². The fourth-order valence-corrected chi connectivity index (χ4v) is 4.82. The number of unbranched alkanes of at least 4 members (excludes halogenated alkanes) is 13. The second-order valence-corrected chi connectivity index (χ2v) is 10.5. The predicted octanol–water partition coefficient (Wildman–Crippen LogP) is 5.57. The Morgan fingerprint density at radius 2 is 0.975 bits per heavy atom. The molecule has 0 N–H and O–H groups in total. The number of carbonyl (C=O) groups is 4. The van der Waals surface area contributed by atoms with E-state index in [2.05, 4.69) is 6.92 Å². The molecule has 0 aliphatic carbocycles. The first-order valence-corrected chi connectivity index (χ1v) is 15.1. The monoisotopic (exact) mass is 572 g/mol. The second kappa shape index (κ2) is 21.5. The molecule has 0 amide bonds. The Balaban J connectivity index is 2.55. The van der Waals surface area contributed by atoms with Gasteiger partial charge in [-0.3, -0.25) is 19.2 Å². The van der Waals surface area contributed by atoms with Gasteiger partial charge < -0.3 is 28.4 Å². The zero-order chi connectivity index (χ0) is 29.8. The molecule has 10 heteroatoms. The molecule has 0 radical (unpaired) electrons. The molecule has 1 heterocycles. The van der Waals surface area contributed by atoms with Crippen LogP contribution in [0.15, 0.2) is 0 Å². The van der Waals surface area contributed by atoms with Crippen LogP contribution in [0.25, 0.3) is 0 Å². The molecule has 10 nitrogen and oxygen atoms in total. The Hall–Kier alpha value is -2.20. The molecule has 0 saturated carbocycles. The van der Waals surface area contributed by atoms with Crippen molar-refractivity contribution in [3.63, 3.8) is 0 Å². The van der Waals surface area contributed by atoms with Crippen LogP contribution < -0.4 is 0 Å². The van der Waals surface area contributed by atoms with E-state index in [1.807, 2.05) is 0 Å². The number of hydrogen-bond acceptors (Lipinski definition) is 10. The first-order chi connectivity index (χ1) is 19.1. The first kappa shape index (κ1) is 35.8. The summed E-state index contributed by atoms with van der Waals surface area (Å²) < 4.78 is 33.2. The maximum atomic E-state index is 11.9. The van der Waals surface area contributed by atoms with Crippen molar-refractivity contribution < 1.29 is 47.6 Å². The summed E-state index contributed by atoms with van der Waals surface area (Å²) >= 11 is 0. The summed E-state index contributed by atoms with van der Waals surface area (Å²) in [6.07, 6.45) is 11.6. The summed E-state index contributed by atoms with van der Waals surface area (Å²) in [7, 11) is 0. The van der Waals surface area contributed by atoms with Gasteiger partial charge in [0.15, 0.2) is 24.6 Å². The molecule has 0 aromatic rings.